The standard InChI is InChI=1S/C16H15NO/c1-2-11-16(18,15-10-6-7-12-17-15)13-14-8-4-3-5-9-14/h1,3-10,12,18H,11,13H2. The summed E-state index contributed by atoms with van der Waals surface area (Å²) in [6.07, 6.45) is 7.75. The van der Waals surface area contributed by atoms with Gasteiger partial charge in [-0.15, -0.1) is 12.3 Å². The quantitative estimate of drug-likeness (QED) is 0.829. The predicted molar refractivity (Wildman–Crippen MR) is 71.7 cm³/mol. The molecule has 1 aromatic carbocycles. The average molecular weight is 237 g/mol. The highest BCUT2D eigenvalue weighted by atomic mass is 16.3. The van der Waals surface area contributed by atoms with E-state index in [9.17, 15) is 5.11 Å². The summed E-state index contributed by atoms with van der Waals surface area (Å²) in [5.74, 6) is 2.54. The highest BCUT2D eigenvalue weighted by molar-refractivity contribution is 5.23. The molecular weight excluding hydrogens is 222 g/mol. The zero-order valence-electron chi connectivity index (χ0n) is 10.1. The van der Waals surface area contributed by atoms with Crippen molar-refractivity contribution >= 4 is 0 Å². The molecule has 0 spiro atoms. The number of pyridine rings is 1. The third-order valence-electron chi connectivity index (χ3n) is 2.88. The molecule has 0 aliphatic rings. The fraction of sp³-hybridized carbons (Fsp3) is 0.188. The maximum atomic E-state index is 10.7. The number of benzene rings is 1. The minimum atomic E-state index is -1.10. The van der Waals surface area contributed by atoms with Crippen LogP contribution in [0.15, 0.2) is 54.7 Å². The minimum absolute atomic E-state index is 0.249. The summed E-state index contributed by atoms with van der Waals surface area (Å²) >= 11 is 0. The van der Waals surface area contributed by atoms with Gasteiger partial charge in [0.2, 0.25) is 0 Å². The topological polar surface area (TPSA) is 33.1 Å². The Morgan fingerprint density at radius 3 is 2.44 bits per heavy atom. The van der Waals surface area contributed by atoms with Gasteiger partial charge in [-0.25, -0.2) is 0 Å². The van der Waals surface area contributed by atoms with E-state index in [0.29, 0.717) is 12.1 Å². The Bertz CT molecular complexity index is 530. The van der Waals surface area contributed by atoms with Crippen molar-refractivity contribution < 1.29 is 5.11 Å². The fourth-order valence-corrected chi connectivity index (χ4v) is 1.98. The van der Waals surface area contributed by atoms with Crippen molar-refractivity contribution in [2.45, 2.75) is 18.4 Å². The van der Waals surface area contributed by atoms with E-state index in [-0.39, 0.29) is 6.42 Å². The Labute approximate surface area is 107 Å². The van der Waals surface area contributed by atoms with Crippen molar-refractivity contribution in [3.8, 4) is 12.3 Å². The summed E-state index contributed by atoms with van der Waals surface area (Å²) < 4.78 is 0. The van der Waals surface area contributed by atoms with Gasteiger partial charge in [0.1, 0.15) is 5.60 Å². The molecule has 1 heterocycles. The fourth-order valence-electron chi connectivity index (χ4n) is 1.98. The van der Waals surface area contributed by atoms with Crippen LogP contribution in [0.2, 0.25) is 0 Å². The second-order valence-corrected chi connectivity index (χ2v) is 4.29. The van der Waals surface area contributed by atoms with Crippen molar-refractivity contribution in [2.75, 3.05) is 0 Å². The molecule has 1 unspecified atom stereocenters. The maximum absolute atomic E-state index is 10.7. The molecule has 2 nitrogen and oxygen atoms in total. The molecule has 2 heteroatoms. The van der Waals surface area contributed by atoms with Gasteiger partial charge >= 0.3 is 0 Å². The van der Waals surface area contributed by atoms with Gasteiger partial charge in [-0.05, 0) is 17.7 Å². The van der Waals surface area contributed by atoms with Crippen LogP contribution in [0, 0.1) is 12.3 Å². The second-order valence-electron chi connectivity index (χ2n) is 4.29. The molecule has 18 heavy (non-hydrogen) atoms. The molecular formula is C16H15NO. The van der Waals surface area contributed by atoms with Gasteiger partial charge in [0.25, 0.3) is 0 Å². The van der Waals surface area contributed by atoms with E-state index in [4.69, 9.17) is 6.42 Å². The van der Waals surface area contributed by atoms with Crippen molar-refractivity contribution in [1.82, 2.24) is 4.98 Å². The zero-order chi connectivity index (χ0) is 12.8. The summed E-state index contributed by atoms with van der Waals surface area (Å²) in [5.41, 5.74) is 0.560. The van der Waals surface area contributed by atoms with E-state index < -0.39 is 5.60 Å². The van der Waals surface area contributed by atoms with Crippen LogP contribution in [0.4, 0.5) is 0 Å². The number of aromatic nitrogens is 1. The van der Waals surface area contributed by atoms with Crippen LogP contribution in [0.3, 0.4) is 0 Å². The molecule has 0 saturated carbocycles. The van der Waals surface area contributed by atoms with Crippen LogP contribution in [-0.4, -0.2) is 10.1 Å². The molecule has 2 rings (SSSR count). The molecule has 1 atom stereocenters. The third-order valence-corrected chi connectivity index (χ3v) is 2.88. The molecule has 2 aromatic rings. The summed E-state index contributed by atoms with van der Waals surface area (Å²) in [4.78, 5) is 4.22. The van der Waals surface area contributed by atoms with Crippen LogP contribution >= 0.6 is 0 Å². The lowest BCUT2D eigenvalue weighted by atomic mass is 9.88. The Hall–Kier alpha value is -2.11. The van der Waals surface area contributed by atoms with E-state index in [1.54, 1.807) is 12.3 Å². The molecule has 0 bridgehead atoms. The number of hydrogen-bond acceptors (Lipinski definition) is 2. The van der Waals surface area contributed by atoms with Crippen molar-refractivity contribution in [3.63, 3.8) is 0 Å². The van der Waals surface area contributed by atoms with Crippen LogP contribution in [0.5, 0.6) is 0 Å². The Morgan fingerprint density at radius 1 is 1.11 bits per heavy atom. The van der Waals surface area contributed by atoms with E-state index in [0.717, 1.165) is 5.56 Å². The molecule has 0 aliphatic heterocycles. The lowest BCUT2D eigenvalue weighted by molar-refractivity contribution is 0.0378. The molecule has 1 N–H and O–H groups in total. The van der Waals surface area contributed by atoms with Crippen LogP contribution in [0.25, 0.3) is 0 Å². The Balaban J connectivity index is 2.31. The third kappa shape index (κ3) is 2.77. The van der Waals surface area contributed by atoms with Crippen LogP contribution < -0.4 is 0 Å². The number of nitrogens with zero attached hydrogens (tertiary/aromatic N) is 1. The van der Waals surface area contributed by atoms with Gasteiger partial charge in [0, 0.05) is 19.0 Å². The molecule has 0 aliphatic carbocycles. The zero-order valence-corrected chi connectivity index (χ0v) is 10.1. The Kier molecular flexibility index (Phi) is 3.76. The van der Waals surface area contributed by atoms with Crippen molar-refractivity contribution in [2.24, 2.45) is 0 Å². The first-order valence-electron chi connectivity index (χ1n) is 5.86. The minimum Gasteiger partial charge on any atom is -0.382 e. The monoisotopic (exact) mass is 237 g/mol. The van der Waals surface area contributed by atoms with Crippen LogP contribution in [0.1, 0.15) is 17.7 Å². The molecule has 0 amide bonds. The molecule has 0 fully saturated rings. The smallest absolute Gasteiger partial charge is 0.121 e. The summed E-state index contributed by atoms with van der Waals surface area (Å²) in [7, 11) is 0. The SMILES string of the molecule is C#CCC(O)(Cc1ccccc1)c1ccccn1. The van der Waals surface area contributed by atoms with Crippen LogP contribution in [-0.2, 0) is 12.0 Å². The largest absolute Gasteiger partial charge is 0.382 e. The first-order chi connectivity index (χ1) is 8.74. The maximum Gasteiger partial charge on any atom is 0.121 e. The van der Waals surface area contributed by atoms with Crippen molar-refractivity contribution in [3.05, 3.63) is 66.0 Å². The van der Waals surface area contributed by atoms with Crippen molar-refractivity contribution in [1.29, 1.82) is 0 Å². The molecule has 0 radical (unpaired) electrons. The van der Waals surface area contributed by atoms with Gasteiger partial charge in [0.05, 0.1) is 5.69 Å². The van der Waals surface area contributed by atoms with Gasteiger partial charge in [-0.1, -0.05) is 36.4 Å². The first-order valence-corrected chi connectivity index (χ1v) is 5.86. The number of terminal acetylenes is 1. The van der Waals surface area contributed by atoms with Gasteiger partial charge in [-0.2, -0.15) is 0 Å². The first kappa shape index (κ1) is 12.3. The second kappa shape index (κ2) is 5.48. The lowest BCUT2D eigenvalue weighted by Crippen LogP contribution is -2.29. The summed E-state index contributed by atoms with van der Waals surface area (Å²) in [6, 6.07) is 15.3. The highest BCUT2D eigenvalue weighted by Gasteiger charge is 2.29. The molecule has 1 aromatic heterocycles. The number of hydrogen-bond donors (Lipinski definition) is 1. The predicted octanol–water partition coefficient (Wildman–Crippen LogP) is 2.54. The molecule has 90 valence electrons. The van der Waals surface area contributed by atoms with E-state index in [1.165, 1.54) is 0 Å². The Morgan fingerprint density at radius 2 is 1.83 bits per heavy atom. The van der Waals surface area contributed by atoms with Gasteiger partial charge in [-0.3, -0.25) is 4.98 Å². The summed E-state index contributed by atoms with van der Waals surface area (Å²) in [5, 5.41) is 10.7. The van der Waals surface area contributed by atoms with E-state index >= 15 is 0 Å². The van der Waals surface area contributed by atoms with Gasteiger partial charge < -0.3 is 5.11 Å². The number of aliphatic hydroxyl groups is 1. The lowest BCUT2D eigenvalue weighted by Gasteiger charge is -2.25. The highest BCUT2D eigenvalue weighted by Crippen LogP contribution is 2.27. The van der Waals surface area contributed by atoms with Gasteiger partial charge in [0.15, 0.2) is 0 Å². The van der Waals surface area contributed by atoms with E-state index in [1.807, 2.05) is 42.5 Å². The normalized spacial score (nSPS) is 13.6. The van der Waals surface area contributed by atoms with E-state index in [2.05, 4.69) is 10.9 Å². The number of rotatable bonds is 4. The average Bonchev–Trinajstić information content (AvgIpc) is 2.41. The molecule has 0 saturated heterocycles. The summed E-state index contributed by atoms with van der Waals surface area (Å²) in [6.45, 7) is 0.